The summed E-state index contributed by atoms with van der Waals surface area (Å²) < 4.78 is 0. The Hall–Kier alpha value is -1.15. The minimum Gasteiger partial charge on any atom is -0.396 e. The number of hydrogen-bond acceptors (Lipinski definition) is 2. The monoisotopic (exact) mass is 204 g/mol. The van der Waals surface area contributed by atoms with Gasteiger partial charge in [-0.1, -0.05) is 24.3 Å². The molecule has 15 heavy (non-hydrogen) atoms. The Morgan fingerprint density at radius 3 is 2.47 bits per heavy atom. The molecule has 0 heterocycles. The first-order valence-electron chi connectivity index (χ1n) is 5.48. The van der Waals surface area contributed by atoms with E-state index in [1.54, 1.807) is 0 Å². The molecule has 0 aliphatic heterocycles. The smallest absolute Gasteiger partial charge is 0.123 e. The molecule has 0 spiro atoms. The molecule has 0 radical (unpaired) electrons. The highest BCUT2D eigenvalue weighted by molar-refractivity contribution is 5.56. The van der Waals surface area contributed by atoms with Crippen LogP contribution in [0.5, 0.6) is 0 Å². The van der Waals surface area contributed by atoms with Gasteiger partial charge in [-0.05, 0) is 36.3 Å². The van der Waals surface area contributed by atoms with E-state index in [2.05, 4.69) is 24.3 Å². The Labute approximate surface area is 89.9 Å². The van der Waals surface area contributed by atoms with Crippen molar-refractivity contribution in [2.75, 3.05) is 6.61 Å². The topological polar surface area (TPSA) is 37.3 Å². The predicted molar refractivity (Wildman–Crippen MR) is 58.8 cm³/mol. The summed E-state index contributed by atoms with van der Waals surface area (Å²) >= 11 is 0. The summed E-state index contributed by atoms with van der Waals surface area (Å²) in [6, 6.07) is 8.38. The summed E-state index contributed by atoms with van der Waals surface area (Å²) in [5.74, 6) is 0.857. The second-order valence-corrected chi connectivity index (χ2v) is 4.28. The van der Waals surface area contributed by atoms with Gasteiger partial charge in [0.25, 0.3) is 0 Å². The van der Waals surface area contributed by atoms with Crippen molar-refractivity contribution in [3.8, 4) is 0 Å². The van der Waals surface area contributed by atoms with Crippen LogP contribution in [-0.4, -0.2) is 18.0 Å². The first kappa shape index (κ1) is 10.4. The molecule has 1 aliphatic carbocycles. The number of aliphatic hydroxyl groups is 1. The summed E-state index contributed by atoms with van der Waals surface area (Å²) in [5, 5.41) is 8.78. The molecule has 0 unspecified atom stereocenters. The standard InChI is InChI=1S/C13H16O2/c14-6-5-10-1-3-12(4-2-10)13-7-11(8-13)9-15/h1-4,9,11,13-14H,5-8H2. The number of aliphatic hydroxyl groups excluding tert-OH is 1. The van der Waals surface area contributed by atoms with Gasteiger partial charge in [0.1, 0.15) is 6.29 Å². The van der Waals surface area contributed by atoms with Crippen molar-refractivity contribution in [3.63, 3.8) is 0 Å². The molecule has 0 bridgehead atoms. The third-order valence-electron chi connectivity index (χ3n) is 3.22. The van der Waals surface area contributed by atoms with Gasteiger partial charge in [-0.25, -0.2) is 0 Å². The van der Waals surface area contributed by atoms with Crippen LogP contribution in [0.1, 0.15) is 29.9 Å². The zero-order valence-corrected chi connectivity index (χ0v) is 8.73. The number of hydrogen-bond donors (Lipinski definition) is 1. The quantitative estimate of drug-likeness (QED) is 0.761. The molecule has 0 amide bonds. The maximum absolute atomic E-state index is 10.5. The number of carbonyl (C=O) groups excluding carboxylic acids is 1. The van der Waals surface area contributed by atoms with E-state index in [1.807, 2.05) is 0 Å². The third-order valence-corrected chi connectivity index (χ3v) is 3.22. The lowest BCUT2D eigenvalue weighted by atomic mass is 9.72. The molecule has 1 N–H and O–H groups in total. The average molecular weight is 204 g/mol. The second kappa shape index (κ2) is 4.58. The van der Waals surface area contributed by atoms with E-state index in [4.69, 9.17) is 5.11 Å². The molecule has 1 fully saturated rings. The van der Waals surface area contributed by atoms with Crippen LogP contribution < -0.4 is 0 Å². The van der Waals surface area contributed by atoms with Crippen LogP contribution in [0.4, 0.5) is 0 Å². The Bertz CT molecular complexity index is 323. The highest BCUT2D eigenvalue weighted by atomic mass is 16.2. The van der Waals surface area contributed by atoms with E-state index in [1.165, 1.54) is 11.1 Å². The van der Waals surface area contributed by atoms with Gasteiger partial charge in [0.2, 0.25) is 0 Å². The summed E-state index contributed by atoms with van der Waals surface area (Å²) in [4.78, 5) is 10.5. The number of aldehydes is 1. The molecule has 1 saturated carbocycles. The summed E-state index contributed by atoms with van der Waals surface area (Å²) in [6.07, 6.45) is 3.80. The first-order valence-corrected chi connectivity index (χ1v) is 5.48. The van der Waals surface area contributed by atoms with E-state index in [-0.39, 0.29) is 12.5 Å². The van der Waals surface area contributed by atoms with Crippen molar-refractivity contribution in [1.82, 2.24) is 0 Å². The van der Waals surface area contributed by atoms with Crippen molar-refractivity contribution in [1.29, 1.82) is 0 Å². The molecule has 1 aliphatic rings. The molecule has 1 aromatic carbocycles. The summed E-state index contributed by atoms with van der Waals surface area (Å²) in [5.41, 5.74) is 2.50. The lowest BCUT2D eigenvalue weighted by molar-refractivity contribution is -0.113. The Morgan fingerprint density at radius 1 is 1.27 bits per heavy atom. The van der Waals surface area contributed by atoms with Gasteiger partial charge in [-0.2, -0.15) is 0 Å². The Balaban J connectivity index is 1.96. The van der Waals surface area contributed by atoms with E-state index in [0.29, 0.717) is 5.92 Å². The lowest BCUT2D eigenvalue weighted by Gasteiger charge is -2.31. The minimum atomic E-state index is 0.204. The Morgan fingerprint density at radius 2 is 1.93 bits per heavy atom. The lowest BCUT2D eigenvalue weighted by Crippen LogP contribution is -2.22. The van der Waals surface area contributed by atoms with E-state index in [9.17, 15) is 4.79 Å². The first-order chi connectivity index (χ1) is 7.33. The molecule has 0 aromatic heterocycles. The van der Waals surface area contributed by atoms with Gasteiger partial charge in [0.15, 0.2) is 0 Å². The molecule has 0 atom stereocenters. The average Bonchev–Trinajstić information content (AvgIpc) is 2.19. The third kappa shape index (κ3) is 2.26. The normalized spacial score (nSPS) is 24.6. The van der Waals surface area contributed by atoms with E-state index >= 15 is 0 Å². The van der Waals surface area contributed by atoms with Crippen LogP contribution in [-0.2, 0) is 11.2 Å². The molecular weight excluding hydrogens is 188 g/mol. The van der Waals surface area contributed by atoms with Gasteiger partial charge in [-0.15, -0.1) is 0 Å². The zero-order valence-electron chi connectivity index (χ0n) is 8.73. The maximum Gasteiger partial charge on any atom is 0.123 e. The Kier molecular flexibility index (Phi) is 3.17. The van der Waals surface area contributed by atoms with Crippen LogP contribution in [0.25, 0.3) is 0 Å². The summed E-state index contributed by atoms with van der Waals surface area (Å²) in [7, 11) is 0. The molecular formula is C13H16O2. The molecule has 2 rings (SSSR count). The van der Waals surface area contributed by atoms with Crippen LogP contribution in [0.2, 0.25) is 0 Å². The molecule has 0 saturated heterocycles. The van der Waals surface area contributed by atoms with Crippen molar-refractivity contribution < 1.29 is 9.90 Å². The van der Waals surface area contributed by atoms with Crippen molar-refractivity contribution in [2.24, 2.45) is 5.92 Å². The number of rotatable bonds is 4. The van der Waals surface area contributed by atoms with Crippen LogP contribution in [0.3, 0.4) is 0 Å². The van der Waals surface area contributed by atoms with Gasteiger partial charge in [0, 0.05) is 12.5 Å². The molecule has 2 heteroatoms. The fourth-order valence-corrected chi connectivity index (χ4v) is 2.13. The number of carbonyl (C=O) groups is 1. The highest BCUT2D eigenvalue weighted by Gasteiger charge is 2.29. The van der Waals surface area contributed by atoms with E-state index < -0.39 is 0 Å². The SMILES string of the molecule is O=CC1CC(c2ccc(CCO)cc2)C1. The fraction of sp³-hybridized carbons (Fsp3) is 0.462. The van der Waals surface area contributed by atoms with Crippen LogP contribution >= 0.6 is 0 Å². The van der Waals surface area contributed by atoms with Crippen molar-refractivity contribution in [2.45, 2.75) is 25.2 Å². The van der Waals surface area contributed by atoms with Crippen LogP contribution in [0.15, 0.2) is 24.3 Å². The molecule has 2 nitrogen and oxygen atoms in total. The summed E-state index contributed by atoms with van der Waals surface area (Å²) in [6.45, 7) is 0.204. The predicted octanol–water partition coefficient (Wildman–Crippen LogP) is 1.91. The fourth-order valence-electron chi connectivity index (χ4n) is 2.13. The van der Waals surface area contributed by atoms with Crippen molar-refractivity contribution in [3.05, 3.63) is 35.4 Å². The van der Waals surface area contributed by atoms with Gasteiger partial charge in [-0.3, -0.25) is 0 Å². The molecule has 80 valence electrons. The number of benzene rings is 1. The zero-order chi connectivity index (χ0) is 10.7. The minimum absolute atomic E-state index is 0.204. The highest BCUT2D eigenvalue weighted by Crippen LogP contribution is 2.40. The maximum atomic E-state index is 10.5. The van der Waals surface area contributed by atoms with Gasteiger partial charge < -0.3 is 9.90 Å². The van der Waals surface area contributed by atoms with Gasteiger partial charge in [0.05, 0.1) is 0 Å². The largest absolute Gasteiger partial charge is 0.396 e. The van der Waals surface area contributed by atoms with Crippen molar-refractivity contribution >= 4 is 6.29 Å². The molecule has 1 aromatic rings. The van der Waals surface area contributed by atoms with Gasteiger partial charge >= 0.3 is 0 Å². The van der Waals surface area contributed by atoms with Crippen LogP contribution in [0, 0.1) is 5.92 Å². The second-order valence-electron chi connectivity index (χ2n) is 4.28. The van der Waals surface area contributed by atoms with E-state index in [0.717, 1.165) is 25.5 Å².